The quantitative estimate of drug-likeness (QED) is 0.673. The van der Waals surface area contributed by atoms with Crippen LogP contribution in [0.3, 0.4) is 0 Å². The van der Waals surface area contributed by atoms with Crippen LogP contribution in [-0.2, 0) is 4.79 Å². The highest BCUT2D eigenvalue weighted by atomic mass is 16.5. The number of hydrogen-bond acceptors (Lipinski definition) is 5. The number of benzene rings is 2. The Bertz CT molecular complexity index is 818. The molecule has 0 aliphatic rings. The number of methoxy groups -OCH3 is 3. The lowest BCUT2D eigenvalue weighted by molar-refractivity contribution is -0.116. The summed E-state index contributed by atoms with van der Waals surface area (Å²) >= 11 is 0. The first kappa shape index (κ1) is 21.3. The first-order valence-electron chi connectivity index (χ1n) is 8.96. The third-order valence-electron chi connectivity index (χ3n) is 4.42. The lowest BCUT2D eigenvalue weighted by Gasteiger charge is -2.25. The minimum Gasteiger partial charge on any atom is -0.497 e. The molecule has 0 heterocycles. The number of ether oxygens (including phenoxy) is 3. The number of nitrogens with one attached hydrogen (secondary N) is 1. The van der Waals surface area contributed by atoms with E-state index >= 15 is 0 Å². The molecule has 0 bridgehead atoms. The molecule has 0 fully saturated rings. The highest BCUT2D eigenvalue weighted by Crippen LogP contribution is 2.25. The Balaban J connectivity index is 2.06. The van der Waals surface area contributed by atoms with Crippen molar-refractivity contribution in [2.75, 3.05) is 42.0 Å². The van der Waals surface area contributed by atoms with Gasteiger partial charge in [0, 0.05) is 18.2 Å². The Kier molecular flexibility index (Phi) is 7.89. The molecule has 6 nitrogen and oxygen atoms in total. The van der Waals surface area contributed by atoms with E-state index < -0.39 is 0 Å². The fourth-order valence-electron chi connectivity index (χ4n) is 2.84. The van der Waals surface area contributed by atoms with Crippen molar-refractivity contribution in [3.05, 3.63) is 59.7 Å². The van der Waals surface area contributed by atoms with Crippen molar-refractivity contribution < 1.29 is 19.0 Å². The van der Waals surface area contributed by atoms with E-state index in [-0.39, 0.29) is 11.9 Å². The van der Waals surface area contributed by atoms with Gasteiger partial charge in [-0.3, -0.25) is 4.79 Å². The maximum atomic E-state index is 12.3. The summed E-state index contributed by atoms with van der Waals surface area (Å²) in [5.74, 6) is 1.99. The first-order chi connectivity index (χ1) is 13.5. The van der Waals surface area contributed by atoms with E-state index in [1.54, 1.807) is 33.5 Å². The minimum atomic E-state index is -0.181. The Morgan fingerprint density at radius 1 is 1.04 bits per heavy atom. The number of amides is 1. The molecule has 150 valence electrons. The molecule has 1 atom stereocenters. The van der Waals surface area contributed by atoms with Crippen molar-refractivity contribution in [3.8, 4) is 17.2 Å². The van der Waals surface area contributed by atoms with Crippen molar-refractivity contribution in [3.63, 3.8) is 0 Å². The molecule has 0 saturated heterocycles. The van der Waals surface area contributed by atoms with E-state index in [4.69, 9.17) is 14.2 Å². The summed E-state index contributed by atoms with van der Waals surface area (Å²) in [6.45, 7) is 0.471. The Morgan fingerprint density at radius 3 is 2.39 bits per heavy atom. The molecule has 0 saturated carbocycles. The largest absolute Gasteiger partial charge is 0.497 e. The Labute approximate surface area is 166 Å². The van der Waals surface area contributed by atoms with E-state index in [0.717, 1.165) is 16.9 Å². The van der Waals surface area contributed by atoms with Gasteiger partial charge in [-0.05, 0) is 56.1 Å². The van der Waals surface area contributed by atoms with Gasteiger partial charge < -0.3 is 24.4 Å². The van der Waals surface area contributed by atoms with Crippen LogP contribution in [0.4, 0.5) is 0 Å². The summed E-state index contributed by atoms with van der Waals surface area (Å²) in [6.07, 6.45) is 3.21. The van der Waals surface area contributed by atoms with E-state index in [2.05, 4.69) is 10.2 Å². The van der Waals surface area contributed by atoms with Crippen LogP contribution in [0.25, 0.3) is 6.08 Å². The normalized spacial score (nSPS) is 12.1. The second-order valence-electron chi connectivity index (χ2n) is 6.44. The molecule has 0 radical (unpaired) electrons. The van der Waals surface area contributed by atoms with Crippen LogP contribution in [-0.4, -0.2) is 52.8 Å². The minimum absolute atomic E-state index is 0.0267. The monoisotopic (exact) mass is 384 g/mol. The van der Waals surface area contributed by atoms with Gasteiger partial charge in [0.1, 0.15) is 17.2 Å². The molecule has 2 aromatic carbocycles. The Morgan fingerprint density at radius 2 is 1.75 bits per heavy atom. The van der Waals surface area contributed by atoms with Crippen LogP contribution in [0.1, 0.15) is 17.2 Å². The second-order valence-corrected chi connectivity index (χ2v) is 6.44. The number of carbonyl (C=O) groups excluding carboxylic acids is 1. The molecular weight excluding hydrogens is 356 g/mol. The van der Waals surface area contributed by atoms with E-state index in [1.165, 1.54) is 6.08 Å². The van der Waals surface area contributed by atoms with Crippen molar-refractivity contribution in [2.24, 2.45) is 0 Å². The van der Waals surface area contributed by atoms with Crippen LogP contribution in [0, 0.1) is 0 Å². The van der Waals surface area contributed by atoms with E-state index in [9.17, 15) is 4.79 Å². The zero-order chi connectivity index (χ0) is 20.5. The summed E-state index contributed by atoms with van der Waals surface area (Å²) in [4.78, 5) is 14.4. The number of rotatable bonds is 9. The number of hydrogen-bond donors (Lipinski definition) is 1. The first-order valence-corrected chi connectivity index (χ1v) is 8.96. The SMILES string of the molecule is COc1cccc(C(CNC(=O)/C=C/c2cc(OC)ccc2OC)N(C)C)c1. The molecule has 0 spiro atoms. The second kappa shape index (κ2) is 10.4. The van der Waals surface area contributed by atoms with Gasteiger partial charge in [0.25, 0.3) is 0 Å². The van der Waals surface area contributed by atoms with Gasteiger partial charge in [-0.15, -0.1) is 0 Å². The topological polar surface area (TPSA) is 60.0 Å². The van der Waals surface area contributed by atoms with Gasteiger partial charge in [0.05, 0.1) is 27.4 Å². The molecule has 0 aliphatic heterocycles. The molecule has 28 heavy (non-hydrogen) atoms. The summed E-state index contributed by atoms with van der Waals surface area (Å²) in [5.41, 5.74) is 1.84. The lowest BCUT2D eigenvalue weighted by atomic mass is 10.1. The molecule has 2 aromatic rings. The third-order valence-corrected chi connectivity index (χ3v) is 4.42. The van der Waals surface area contributed by atoms with Gasteiger partial charge in [-0.2, -0.15) is 0 Å². The standard InChI is InChI=1S/C22H28N2O4/c1-24(2)20(16-7-6-8-18(13-16)26-3)15-23-22(25)12-9-17-14-19(27-4)10-11-21(17)28-5/h6-14,20H,15H2,1-5H3,(H,23,25)/b12-9+. The van der Waals surface area contributed by atoms with Crippen molar-refractivity contribution >= 4 is 12.0 Å². The van der Waals surface area contributed by atoms with Gasteiger partial charge in [-0.1, -0.05) is 12.1 Å². The number of nitrogens with zero attached hydrogens (tertiary/aromatic N) is 1. The Hall–Kier alpha value is -2.99. The van der Waals surface area contributed by atoms with Gasteiger partial charge in [0.2, 0.25) is 5.91 Å². The highest BCUT2D eigenvalue weighted by molar-refractivity contribution is 5.92. The highest BCUT2D eigenvalue weighted by Gasteiger charge is 2.15. The maximum Gasteiger partial charge on any atom is 0.244 e. The summed E-state index contributed by atoms with van der Waals surface area (Å²) in [7, 11) is 8.79. The predicted octanol–water partition coefficient (Wildman–Crippen LogP) is 3.14. The fourth-order valence-corrected chi connectivity index (χ4v) is 2.84. The van der Waals surface area contributed by atoms with Crippen LogP contribution in [0.2, 0.25) is 0 Å². The molecule has 0 aliphatic carbocycles. The molecule has 1 N–H and O–H groups in total. The molecular formula is C22H28N2O4. The zero-order valence-electron chi connectivity index (χ0n) is 17.1. The van der Waals surface area contributed by atoms with Crippen molar-refractivity contribution in [1.82, 2.24) is 10.2 Å². The van der Waals surface area contributed by atoms with Crippen LogP contribution in [0.15, 0.2) is 48.5 Å². The third kappa shape index (κ3) is 5.76. The van der Waals surface area contributed by atoms with E-state index in [0.29, 0.717) is 18.0 Å². The summed E-state index contributed by atoms with van der Waals surface area (Å²) in [6, 6.07) is 13.3. The fraction of sp³-hybridized carbons (Fsp3) is 0.318. The lowest BCUT2D eigenvalue weighted by Crippen LogP contribution is -2.33. The summed E-state index contributed by atoms with van der Waals surface area (Å²) < 4.78 is 15.9. The molecule has 2 rings (SSSR count). The molecule has 1 unspecified atom stereocenters. The average molecular weight is 384 g/mol. The average Bonchev–Trinajstić information content (AvgIpc) is 2.72. The van der Waals surface area contributed by atoms with Gasteiger partial charge in [0.15, 0.2) is 0 Å². The number of carbonyl (C=O) groups is 1. The molecule has 1 amide bonds. The van der Waals surface area contributed by atoms with Crippen molar-refractivity contribution in [1.29, 1.82) is 0 Å². The van der Waals surface area contributed by atoms with E-state index in [1.807, 2.05) is 50.5 Å². The zero-order valence-corrected chi connectivity index (χ0v) is 17.1. The van der Waals surface area contributed by atoms with Crippen LogP contribution >= 0.6 is 0 Å². The maximum absolute atomic E-state index is 12.3. The van der Waals surface area contributed by atoms with Gasteiger partial charge >= 0.3 is 0 Å². The van der Waals surface area contributed by atoms with Crippen molar-refractivity contribution in [2.45, 2.75) is 6.04 Å². The van der Waals surface area contributed by atoms with Gasteiger partial charge in [-0.25, -0.2) is 0 Å². The summed E-state index contributed by atoms with van der Waals surface area (Å²) in [5, 5.41) is 2.96. The smallest absolute Gasteiger partial charge is 0.244 e. The van der Waals surface area contributed by atoms with Crippen LogP contribution in [0.5, 0.6) is 17.2 Å². The number of likely N-dealkylation sites (N-methyl/N-ethyl adjacent to an activating group) is 1. The molecule has 0 aromatic heterocycles. The van der Waals surface area contributed by atoms with Crippen LogP contribution < -0.4 is 19.5 Å². The molecule has 6 heteroatoms. The predicted molar refractivity (Wildman–Crippen MR) is 111 cm³/mol.